The molecule has 1 aromatic carbocycles. The molecule has 5 rings (SSSR count). The van der Waals surface area contributed by atoms with Gasteiger partial charge in [0.05, 0.1) is 5.52 Å². The third-order valence-corrected chi connectivity index (χ3v) is 7.21. The maximum Gasteiger partial charge on any atom is 0.253 e. The molecule has 2 aromatic rings. The van der Waals surface area contributed by atoms with Gasteiger partial charge in [0, 0.05) is 56.3 Å². The number of hydrogen-bond donors (Lipinski definition) is 0. The maximum atomic E-state index is 13.3. The van der Waals surface area contributed by atoms with E-state index in [0.29, 0.717) is 0 Å². The Morgan fingerprint density at radius 1 is 0.833 bits per heavy atom. The Morgan fingerprint density at radius 2 is 1.57 bits per heavy atom. The highest BCUT2D eigenvalue weighted by Gasteiger charge is 2.28. The molecule has 0 N–H and O–H groups in total. The van der Waals surface area contributed by atoms with Crippen LogP contribution in [-0.4, -0.2) is 71.0 Å². The number of fused-ring (bicyclic) bond motifs is 1. The van der Waals surface area contributed by atoms with Crippen molar-refractivity contribution >= 4 is 22.6 Å². The van der Waals surface area contributed by atoms with E-state index in [1.54, 1.807) is 6.33 Å². The molecule has 0 unspecified atom stereocenters. The normalized spacial score (nSPS) is 21.9. The second kappa shape index (κ2) is 8.88. The number of piperazine rings is 1. The topological polar surface area (TPSA) is 52.6 Å². The average molecular weight is 408 g/mol. The highest BCUT2D eigenvalue weighted by molar-refractivity contribution is 6.00. The molecule has 160 valence electrons. The van der Waals surface area contributed by atoms with Gasteiger partial charge < -0.3 is 9.80 Å². The molecule has 1 amide bonds. The van der Waals surface area contributed by atoms with E-state index in [1.165, 1.54) is 51.4 Å². The van der Waals surface area contributed by atoms with Crippen molar-refractivity contribution in [2.24, 2.45) is 0 Å². The van der Waals surface area contributed by atoms with Crippen molar-refractivity contribution in [1.29, 1.82) is 0 Å². The fraction of sp³-hybridized carbons (Fsp3) is 0.625. The number of anilines is 1. The molecule has 1 aliphatic carbocycles. The largest absolute Gasteiger partial charge is 0.356 e. The lowest BCUT2D eigenvalue weighted by Gasteiger charge is -2.40. The van der Waals surface area contributed by atoms with Crippen LogP contribution in [0.25, 0.3) is 10.9 Å². The summed E-state index contributed by atoms with van der Waals surface area (Å²) >= 11 is 0. The van der Waals surface area contributed by atoms with Gasteiger partial charge in [0.15, 0.2) is 0 Å². The lowest BCUT2D eigenvalue weighted by atomic mass is 9.94. The lowest BCUT2D eigenvalue weighted by molar-refractivity contribution is 0.0523. The first-order chi connectivity index (χ1) is 14.8. The first-order valence-corrected chi connectivity index (χ1v) is 11.8. The third kappa shape index (κ3) is 4.02. The zero-order valence-electron chi connectivity index (χ0n) is 17.9. The van der Waals surface area contributed by atoms with E-state index in [1.807, 2.05) is 23.1 Å². The quantitative estimate of drug-likeness (QED) is 0.776. The van der Waals surface area contributed by atoms with Gasteiger partial charge in [-0.2, -0.15) is 0 Å². The summed E-state index contributed by atoms with van der Waals surface area (Å²) in [4.78, 5) is 29.3. The van der Waals surface area contributed by atoms with Gasteiger partial charge in [-0.3, -0.25) is 9.69 Å². The van der Waals surface area contributed by atoms with Gasteiger partial charge in [-0.1, -0.05) is 19.3 Å². The molecule has 6 heteroatoms. The van der Waals surface area contributed by atoms with E-state index in [-0.39, 0.29) is 5.91 Å². The average Bonchev–Trinajstić information content (AvgIpc) is 2.84. The minimum atomic E-state index is 0.147. The van der Waals surface area contributed by atoms with Gasteiger partial charge in [0.1, 0.15) is 12.1 Å². The van der Waals surface area contributed by atoms with E-state index < -0.39 is 0 Å². The van der Waals surface area contributed by atoms with Crippen molar-refractivity contribution in [2.45, 2.75) is 57.4 Å². The summed E-state index contributed by atoms with van der Waals surface area (Å²) in [7, 11) is 0. The van der Waals surface area contributed by atoms with Crippen LogP contribution >= 0.6 is 0 Å². The van der Waals surface area contributed by atoms with Crippen LogP contribution in [0.3, 0.4) is 0 Å². The van der Waals surface area contributed by atoms with Crippen LogP contribution in [0.1, 0.15) is 61.7 Å². The predicted octanol–water partition coefficient (Wildman–Crippen LogP) is 3.71. The van der Waals surface area contributed by atoms with Crippen LogP contribution in [0, 0.1) is 0 Å². The first-order valence-electron chi connectivity index (χ1n) is 11.8. The number of benzene rings is 1. The molecule has 2 aliphatic heterocycles. The lowest BCUT2D eigenvalue weighted by Crippen LogP contribution is -2.52. The Morgan fingerprint density at radius 3 is 2.33 bits per heavy atom. The SMILES string of the molecule is O=C(c1ccc2ncnc(N3CCCCC3)c2c1)N1CCN(C2CCCCC2)CC1. The molecule has 30 heavy (non-hydrogen) atoms. The van der Waals surface area contributed by atoms with Gasteiger partial charge in [-0.25, -0.2) is 9.97 Å². The second-order valence-corrected chi connectivity index (χ2v) is 9.10. The highest BCUT2D eigenvalue weighted by atomic mass is 16.2. The number of aromatic nitrogens is 2. The molecule has 3 heterocycles. The van der Waals surface area contributed by atoms with Crippen molar-refractivity contribution in [3.05, 3.63) is 30.1 Å². The van der Waals surface area contributed by atoms with Crippen molar-refractivity contribution in [3.8, 4) is 0 Å². The number of rotatable bonds is 3. The molecule has 0 spiro atoms. The summed E-state index contributed by atoms with van der Waals surface area (Å²) in [5.74, 6) is 1.13. The molecule has 1 aromatic heterocycles. The monoisotopic (exact) mass is 407 g/mol. The van der Waals surface area contributed by atoms with Gasteiger partial charge in [-0.05, 0) is 50.3 Å². The predicted molar refractivity (Wildman–Crippen MR) is 120 cm³/mol. The number of carbonyl (C=O) groups excluding carboxylic acids is 1. The number of amides is 1. The molecule has 0 radical (unpaired) electrons. The molecule has 6 nitrogen and oxygen atoms in total. The Labute approximate surface area is 179 Å². The summed E-state index contributed by atoms with van der Waals surface area (Å²) in [6.45, 7) is 5.74. The number of nitrogens with zero attached hydrogens (tertiary/aromatic N) is 5. The molecule has 0 bridgehead atoms. The van der Waals surface area contributed by atoms with Crippen molar-refractivity contribution in [3.63, 3.8) is 0 Å². The van der Waals surface area contributed by atoms with Crippen LogP contribution in [-0.2, 0) is 0 Å². The maximum absolute atomic E-state index is 13.3. The molecule has 0 atom stereocenters. The van der Waals surface area contributed by atoms with Crippen molar-refractivity contribution < 1.29 is 4.79 Å². The summed E-state index contributed by atoms with van der Waals surface area (Å²) < 4.78 is 0. The second-order valence-electron chi connectivity index (χ2n) is 9.10. The van der Waals surface area contributed by atoms with Crippen LogP contribution in [0.4, 0.5) is 5.82 Å². The summed E-state index contributed by atoms with van der Waals surface area (Å²) in [6.07, 6.45) is 12.1. The first kappa shape index (κ1) is 19.7. The Hall–Kier alpha value is -2.21. The van der Waals surface area contributed by atoms with Crippen molar-refractivity contribution in [2.75, 3.05) is 44.2 Å². The van der Waals surface area contributed by atoms with Crippen LogP contribution < -0.4 is 4.90 Å². The third-order valence-electron chi connectivity index (χ3n) is 7.21. The van der Waals surface area contributed by atoms with E-state index >= 15 is 0 Å². The molecule has 3 aliphatic rings. The number of hydrogen-bond acceptors (Lipinski definition) is 5. The van der Waals surface area contributed by atoms with E-state index in [0.717, 1.165) is 67.6 Å². The molecule has 2 saturated heterocycles. The van der Waals surface area contributed by atoms with Gasteiger partial charge in [0.2, 0.25) is 0 Å². The van der Waals surface area contributed by atoms with E-state index in [4.69, 9.17) is 0 Å². The molecule has 1 saturated carbocycles. The Kier molecular flexibility index (Phi) is 5.84. The zero-order chi connectivity index (χ0) is 20.3. The van der Waals surface area contributed by atoms with Crippen LogP contribution in [0.2, 0.25) is 0 Å². The summed E-state index contributed by atoms with van der Waals surface area (Å²) in [5, 5.41) is 1.01. The summed E-state index contributed by atoms with van der Waals surface area (Å²) in [5.41, 5.74) is 1.69. The van der Waals surface area contributed by atoms with Crippen LogP contribution in [0.15, 0.2) is 24.5 Å². The van der Waals surface area contributed by atoms with Gasteiger partial charge in [-0.15, -0.1) is 0 Å². The number of carbonyl (C=O) groups is 1. The van der Waals surface area contributed by atoms with Gasteiger partial charge >= 0.3 is 0 Å². The standard InChI is InChI=1S/C24H33N5O/c30-24(29-15-13-27(14-16-29)20-7-3-1-4-8-20)19-9-10-22-21(17-19)23(26-18-25-22)28-11-5-2-6-12-28/h9-10,17-18,20H,1-8,11-16H2. The fourth-order valence-corrected chi connectivity index (χ4v) is 5.45. The van der Waals surface area contributed by atoms with E-state index in [2.05, 4.69) is 19.8 Å². The minimum absolute atomic E-state index is 0.147. The van der Waals surface area contributed by atoms with Crippen molar-refractivity contribution in [1.82, 2.24) is 19.8 Å². The van der Waals surface area contributed by atoms with E-state index in [9.17, 15) is 4.79 Å². The molecular formula is C24H33N5O. The fourth-order valence-electron chi connectivity index (χ4n) is 5.45. The molecular weight excluding hydrogens is 374 g/mol. The summed E-state index contributed by atoms with van der Waals surface area (Å²) in [6, 6.07) is 6.68. The Bertz CT molecular complexity index is 880. The molecule has 3 fully saturated rings. The van der Waals surface area contributed by atoms with Crippen LogP contribution in [0.5, 0.6) is 0 Å². The zero-order valence-corrected chi connectivity index (χ0v) is 17.9. The minimum Gasteiger partial charge on any atom is -0.356 e. The van der Waals surface area contributed by atoms with Gasteiger partial charge in [0.25, 0.3) is 5.91 Å². The number of piperidine rings is 1. The smallest absolute Gasteiger partial charge is 0.253 e. The Balaban J connectivity index is 1.31. The highest BCUT2D eigenvalue weighted by Crippen LogP contribution is 2.28.